The fourth-order valence-corrected chi connectivity index (χ4v) is 4.06. The third-order valence-electron chi connectivity index (χ3n) is 5.28. The lowest BCUT2D eigenvalue weighted by Crippen LogP contribution is -3.00. The first-order valence-corrected chi connectivity index (χ1v) is 8.94. The summed E-state index contributed by atoms with van der Waals surface area (Å²) in [7, 11) is 0. The van der Waals surface area contributed by atoms with E-state index >= 15 is 0 Å². The monoisotopic (exact) mass is 400 g/mol. The van der Waals surface area contributed by atoms with Gasteiger partial charge in [-0.25, -0.2) is 9.48 Å². The molecular formula is C21H25BrN2O. The standard InChI is InChI=1S/C21H25N2O.BrH/c1-17-9-8-12-19(15-17)22-16-21(24,18-10-4-2-5-11-18)23-14-7-3-6-13-20(22)23;/h2,4-5,8-12,15,24H,3,6-7,13-14,16H2,1H3;1H/q+1;/p-1. The molecule has 4 rings (SSSR count). The van der Waals surface area contributed by atoms with Gasteiger partial charge < -0.3 is 22.1 Å². The number of hydrogen-bond donors (Lipinski definition) is 1. The van der Waals surface area contributed by atoms with Crippen LogP contribution in [0.4, 0.5) is 5.69 Å². The van der Waals surface area contributed by atoms with Gasteiger partial charge in [0.25, 0.3) is 11.6 Å². The number of rotatable bonds is 2. The molecular weight excluding hydrogens is 376 g/mol. The van der Waals surface area contributed by atoms with Crippen molar-refractivity contribution in [1.82, 2.24) is 0 Å². The molecule has 2 aromatic carbocycles. The topological polar surface area (TPSA) is 26.5 Å². The molecule has 1 N–H and O–H groups in total. The quantitative estimate of drug-likeness (QED) is 0.749. The molecule has 25 heavy (non-hydrogen) atoms. The lowest BCUT2D eigenvalue weighted by molar-refractivity contribution is -0.658. The highest BCUT2D eigenvalue weighted by Crippen LogP contribution is 2.35. The smallest absolute Gasteiger partial charge is 0.271 e. The van der Waals surface area contributed by atoms with Crippen LogP contribution in [0.1, 0.15) is 36.8 Å². The Kier molecular flexibility index (Phi) is 5.30. The van der Waals surface area contributed by atoms with Crippen molar-refractivity contribution in [3.8, 4) is 0 Å². The summed E-state index contributed by atoms with van der Waals surface area (Å²) in [5, 5.41) is 11.6. The van der Waals surface area contributed by atoms with Crippen molar-refractivity contribution in [3.63, 3.8) is 0 Å². The number of aliphatic hydroxyl groups is 1. The lowest BCUT2D eigenvalue weighted by Gasteiger charge is -2.23. The Labute approximate surface area is 160 Å². The molecule has 1 atom stereocenters. The van der Waals surface area contributed by atoms with Gasteiger partial charge in [0.1, 0.15) is 5.69 Å². The molecule has 2 aliphatic heterocycles. The predicted molar refractivity (Wildman–Crippen MR) is 97.5 cm³/mol. The molecule has 3 nitrogen and oxygen atoms in total. The fourth-order valence-electron chi connectivity index (χ4n) is 4.06. The van der Waals surface area contributed by atoms with E-state index in [1.807, 2.05) is 30.3 Å². The Balaban J connectivity index is 0.00000182. The van der Waals surface area contributed by atoms with Crippen LogP contribution in [0.25, 0.3) is 0 Å². The van der Waals surface area contributed by atoms with Crippen molar-refractivity contribution in [2.45, 2.75) is 38.3 Å². The SMILES string of the molecule is Cc1cccc(N2CC(O)(c3ccccc3)[N+]3=C2CCCCC3)c1.[Br-]. The third kappa shape index (κ3) is 3.25. The number of hydrogen-bond acceptors (Lipinski definition) is 2. The Hall–Kier alpha value is -1.65. The van der Waals surface area contributed by atoms with Crippen LogP contribution in [0.3, 0.4) is 0 Å². The number of halogens is 1. The van der Waals surface area contributed by atoms with E-state index < -0.39 is 5.72 Å². The van der Waals surface area contributed by atoms with Gasteiger partial charge in [-0.05, 0) is 43.9 Å². The Morgan fingerprint density at radius 3 is 2.56 bits per heavy atom. The first-order valence-electron chi connectivity index (χ1n) is 8.94. The van der Waals surface area contributed by atoms with Gasteiger partial charge in [0.15, 0.2) is 6.54 Å². The first kappa shape index (κ1) is 18.2. The van der Waals surface area contributed by atoms with Gasteiger partial charge in [0.05, 0.1) is 6.54 Å². The van der Waals surface area contributed by atoms with E-state index in [2.05, 4.69) is 40.7 Å². The maximum absolute atomic E-state index is 11.6. The summed E-state index contributed by atoms with van der Waals surface area (Å²) in [5.74, 6) is 1.27. The van der Waals surface area contributed by atoms with E-state index in [0.717, 1.165) is 24.9 Å². The van der Waals surface area contributed by atoms with Crippen molar-refractivity contribution in [2.75, 3.05) is 18.0 Å². The zero-order valence-electron chi connectivity index (χ0n) is 14.7. The van der Waals surface area contributed by atoms with Crippen molar-refractivity contribution in [2.24, 2.45) is 0 Å². The molecule has 0 saturated heterocycles. The van der Waals surface area contributed by atoms with Crippen molar-refractivity contribution >= 4 is 11.5 Å². The highest BCUT2D eigenvalue weighted by atomic mass is 79.9. The summed E-state index contributed by atoms with van der Waals surface area (Å²) >= 11 is 0. The van der Waals surface area contributed by atoms with Crippen molar-refractivity contribution < 1.29 is 26.7 Å². The molecule has 0 aliphatic carbocycles. The molecule has 0 bridgehead atoms. The molecule has 132 valence electrons. The average molecular weight is 401 g/mol. The third-order valence-corrected chi connectivity index (χ3v) is 5.28. The minimum atomic E-state index is -0.940. The van der Waals surface area contributed by atoms with E-state index in [1.54, 1.807) is 0 Å². The second-order valence-corrected chi connectivity index (χ2v) is 6.99. The lowest BCUT2D eigenvalue weighted by atomic mass is 10.0. The largest absolute Gasteiger partial charge is 1.00 e. The number of β-amino-alcohol motifs (C(OH)–C–C–N with tert-alkyl or cyclic N) is 1. The van der Waals surface area contributed by atoms with E-state index in [0.29, 0.717) is 6.54 Å². The van der Waals surface area contributed by atoms with Gasteiger partial charge in [-0.2, -0.15) is 0 Å². The van der Waals surface area contributed by atoms with E-state index in [-0.39, 0.29) is 17.0 Å². The van der Waals surface area contributed by atoms with Crippen LogP contribution < -0.4 is 21.9 Å². The van der Waals surface area contributed by atoms with E-state index in [9.17, 15) is 5.11 Å². The van der Waals surface area contributed by atoms with Crippen molar-refractivity contribution in [3.05, 3.63) is 65.7 Å². The zero-order valence-corrected chi connectivity index (χ0v) is 16.2. The highest BCUT2D eigenvalue weighted by Gasteiger charge is 2.51. The summed E-state index contributed by atoms with van der Waals surface area (Å²) in [6, 6.07) is 18.7. The van der Waals surface area contributed by atoms with Gasteiger partial charge in [-0.15, -0.1) is 0 Å². The number of aryl methyl sites for hydroxylation is 1. The van der Waals surface area contributed by atoms with E-state index in [4.69, 9.17) is 0 Å². The Bertz CT molecular complexity index is 774. The van der Waals surface area contributed by atoms with Gasteiger partial charge >= 0.3 is 0 Å². The summed E-state index contributed by atoms with van der Waals surface area (Å²) in [6.45, 7) is 3.64. The molecule has 0 spiro atoms. The molecule has 0 amide bonds. The number of anilines is 1. The second-order valence-electron chi connectivity index (χ2n) is 6.99. The van der Waals surface area contributed by atoms with Crippen LogP contribution in [0.5, 0.6) is 0 Å². The highest BCUT2D eigenvalue weighted by molar-refractivity contribution is 5.96. The molecule has 2 aliphatic rings. The van der Waals surface area contributed by atoms with E-state index in [1.165, 1.54) is 29.9 Å². The fraction of sp³-hybridized carbons (Fsp3) is 0.381. The molecule has 2 aromatic rings. The van der Waals surface area contributed by atoms with Crippen LogP contribution in [-0.2, 0) is 5.72 Å². The maximum Gasteiger partial charge on any atom is 0.271 e. The molecule has 0 aromatic heterocycles. The van der Waals surface area contributed by atoms with Crippen LogP contribution in [0, 0.1) is 6.92 Å². The predicted octanol–water partition coefficient (Wildman–Crippen LogP) is 0.649. The first-order chi connectivity index (χ1) is 11.7. The summed E-state index contributed by atoms with van der Waals surface area (Å²) in [6.07, 6.45) is 4.59. The van der Waals surface area contributed by atoms with Crippen LogP contribution in [0.15, 0.2) is 54.6 Å². The van der Waals surface area contributed by atoms with Crippen LogP contribution >= 0.6 is 0 Å². The maximum atomic E-state index is 11.6. The molecule has 0 fully saturated rings. The minimum Gasteiger partial charge on any atom is -1.00 e. The number of nitrogens with zero attached hydrogens (tertiary/aromatic N) is 2. The van der Waals surface area contributed by atoms with Gasteiger partial charge in [0.2, 0.25) is 0 Å². The number of benzene rings is 2. The second kappa shape index (κ2) is 7.30. The van der Waals surface area contributed by atoms with Crippen LogP contribution in [0.2, 0.25) is 0 Å². The van der Waals surface area contributed by atoms with Gasteiger partial charge in [-0.3, -0.25) is 0 Å². The number of amidine groups is 1. The van der Waals surface area contributed by atoms with Crippen molar-refractivity contribution in [1.29, 1.82) is 0 Å². The molecule has 0 saturated carbocycles. The summed E-state index contributed by atoms with van der Waals surface area (Å²) in [4.78, 5) is 2.32. The summed E-state index contributed by atoms with van der Waals surface area (Å²) in [5.41, 5.74) is 2.48. The average Bonchev–Trinajstić information content (AvgIpc) is 2.77. The Morgan fingerprint density at radius 1 is 1.00 bits per heavy atom. The minimum absolute atomic E-state index is 0. The molecule has 1 unspecified atom stereocenters. The molecule has 2 heterocycles. The van der Waals surface area contributed by atoms with Gasteiger partial charge in [-0.1, -0.05) is 42.5 Å². The van der Waals surface area contributed by atoms with Crippen LogP contribution in [-0.4, -0.2) is 28.6 Å². The van der Waals surface area contributed by atoms with Gasteiger partial charge in [0, 0.05) is 12.0 Å². The Morgan fingerprint density at radius 2 is 1.80 bits per heavy atom. The molecule has 4 heteroatoms. The molecule has 0 radical (unpaired) electrons. The summed E-state index contributed by atoms with van der Waals surface area (Å²) < 4.78 is 2.25. The zero-order chi connectivity index (χ0) is 16.6. The normalized spacial score (nSPS) is 23.0.